The largest absolute Gasteiger partial charge is 2.00 e. The Morgan fingerprint density at radius 2 is 1.75 bits per heavy atom. The SMILES string of the molecule is [N-2]OF.[Zn+2]. The van der Waals surface area contributed by atoms with E-state index in [4.69, 9.17) is 5.90 Å². The Kier molecular flexibility index (Phi) is 21.6. The number of rotatable bonds is 0. The third kappa shape index (κ3) is 24.0. The summed E-state index contributed by atoms with van der Waals surface area (Å²) in [5, 5.41) is 1.75. The fourth-order valence-corrected chi connectivity index (χ4v) is 0. The third-order valence-corrected chi connectivity index (χ3v) is 0. The molecule has 2 nitrogen and oxygen atoms in total. The zero-order valence-electron chi connectivity index (χ0n) is 1.94. The van der Waals surface area contributed by atoms with Crippen molar-refractivity contribution in [3.63, 3.8) is 0 Å². The van der Waals surface area contributed by atoms with Crippen LogP contribution in [0, 0.1) is 0 Å². The summed E-state index contributed by atoms with van der Waals surface area (Å²) in [5.74, 6) is 6.40. The fraction of sp³-hybridized carbons (Fsp3) is 0. The predicted octanol–water partition coefficient (Wildman–Crippen LogP) is 0.638. The summed E-state index contributed by atoms with van der Waals surface area (Å²) in [7, 11) is 0. The minimum Gasteiger partial charge on any atom is -1.38 e. The second kappa shape index (κ2) is 9.79. The van der Waals surface area contributed by atoms with Gasteiger partial charge in [-0.25, -0.2) is 0 Å². The molecular formula is FNOZn. The zero-order valence-corrected chi connectivity index (χ0v) is 4.91. The molecule has 0 bridgehead atoms. The van der Waals surface area contributed by atoms with Gasteiger partial charge in [0.15, 0.2) is 0 Å². The molecule has 0 aliphatic heterocycles. The normalized spacial score (nSPS) is 4.50. The summed E-state index contributed by atoms with van der Waals surface area (Å²) in [6.45, 7) is 0. The molecule has 0 aliphatic carbocycles. The van der Waals surface area contributed by atoms with E-state index in [9.17, 15) is 4.53 Å². The Morgan fingerprint density at radius 1 is 1.75 bits per heavy atom. The van der Waals surface area contributed by atoms with E-state index in [0.717, 1.165) is 0 Å². The topological polar surface area (TPSA) is 31.5 Å². The van der Waals surface area contributed by atoms with Crippen LogP contribution >= 0.6 is 0 Å². The van der Waals surface area contributed by atoms with E-state index in [-0.39, 0.29) is 19.5 Å². The van der Waals surface area contributed by atoms with E-state index < -0.39 is 0 Å². The Balaban J connectivity index is 0. The van der Waals surface area contributed by atoms with Crippen molar-refractivity contribution < 1.29 is 29.0 Å². The number of hydrogen-bond donors (Lipinski definition) is 0. The van der Waals surface area contributed by atoms with E-state index in [2.05, 4.69) is 0 Å². The van der Waals surface area contributed by atoms with Crippen LogP contribution in [0.25, 0.3) is 5.90 Å². The first-order valence-corrected chi connectivity index (χ1v) is 0.337. The van der Waals surface area contributed by atoms with Gasteiger partial charge in [-0.15, -0.1) is 4.53 Å². The summed E-state index contributed by atoms with van der Waals surface area (Å²) in [6, 6.07) is 0. The average molecular weight is 114 g/mol. The maximum absolute atomic E-state index is 9.35. The van der Waals surface area contributed by atoms with Crippen LogP contribution in [0.3, 0.4) is 0 Å². The summed E-state index contributed by atoms with van der Waals surface area (Å²) >= 11 is 0. The smallest absolute Gasteiger partial charge is 1.38 e. The van der Waals surface area contributed by atoms with Crippen LogP contribution in [0.1, 0.15) is 0 Å². The van der Waals surface area contributed by atoms with Gasteiger partial charge in [0.05, 0.1) is 0 Å². The van der Waals surface area contributed by atoms with Crippen molar-refractivity contribution in [3.8, 4) is 0 Å². The molecule has 0 spiro atoms. The van der Waals surface area contributed by atoms with E-state index in [1.54, 1.807) is 5.04 Å². The van der Waals surface area contributed by atoms with Gasteiger partial charge in [0.25, 0.3) is 0 Å². The molecule has 0 unspecified atom stereocenters. The first-order chi connectivity index (χ1) is 1.41. The number of halogens is 1. The molecule has 0 fully saturated rings. The van der Waals surface area contributed by atoms with Crippen molar-refractivity contribution in [2.75, 3.05) is 0 Å². The van der Waals surface area contributed by atoms with E-state index in [1.807, 2.05) is 0 Å². The molecule has 0 saturated heterocycles. The Labute approximate surface area is 35.7 Å². The molecule has 4 heavy (non-hydrogen) atoms. The summed E-state index contributed by atoms with van der Waals surface area (Å²) < 4.78 is 9.35. The summed E-state index contributed by atoms with van der Waals surface area (Å²) in [5.41, 5.74) is 0. The van der Waals surface area contributed by atoms with Crippen LogP contribution in [0.4, 0.5) is 4.53 Å². The van der Waals surface area contributed by atoms with Crippen LogP contribution in [-0.2, 0) is 24.5 Å². The molecular weight excluding hydrogens is 114 g/mol. The molecule has 0 aliphatic rings. The van der Waals surface area contributed by atoms with Gasteiger partial charge in [-0.3, -0.25) is 0 Å². The molecule has 0 heterocycles. The first kappa shape index (κ1) is 8.82. The van der Waals surface area contributed by atoms with Crippen molar-refractivity contribution in [2.24, 2.45) is 0 Å². The van der Waals surface area contributed by atoms with E-state index >= 15 is 0 Å². The second-order valence-corrected chi connectivity index (χ2v) is 0.0690. The first-order valence-electron chi connectivity index (χ1n) is 0.337. The van der Waals surface area contributed by atoms with Gasteiger partial charge in [-0.1, -0.05) is 0 Å². The molecule has 4 heteroatoms. The quantitative estimate of drug-likeness (QED) is 0.336. The minimum absolute atomic E-state index is 0. The minimum atomic E-state index is 0. The molecule has 0 radical (unpaired) electrons. The summed E-state index contributed by atoms with van der Waals surface area (Å²) in [6.07, 6.45) is 0. The molecule has 20 valence electrons. The zero-order chi connectivity index (χ0) is 2.71. The maximum atomic E-state index is 9.35. The number of hydrogen-bond acceptors (Lipinski definition) is 1. The van der Waals surface area contributed by atoms with Crippen LogP contribution in [0.2, 0.25) is 0 Å². The Hall–Kier alpha value is 0.473. The second-order valence-electron chi connectivity index (χ2n) is 0.0690. The molecule has 0 aromatic carbocycles. The van der Waals surface area contributed by atoms with Crippen molar-refractivity contribution in [1.29, 1.82) is 0 Å². The van der Waals surface area contributed by atoms with Crippen molar-refractivity contribution in [1.82, 2.24) is 0 Å². The number of nitrogens with zero attached hydrogens (tertiary/aromatic N) is 1. The average Bonchev–Trinajstić information content (AvgIpc) is 0.918. The maximum Gasteiger partial charge on any atom is 2.00 e. The molecule has 0 amide bonds. The fourth-order valence-electron chi connectivity index (χ4n) is 0. The van der Waals surface area contributed by atoms with Crippen molar-refractivity contribution in [3.05, 3.63) is 5.90 Å². The van der Waals surface area contributed by atoms with Gasteiger partial charge >= 0.3 is 19.5 Å². The van der Waals surface area contributed by atoms with E-state index in [1.165, 1.54) is 0 Å². The molecule has 0 atom stereocenters. The van der Waals surface area contributed by atoms with E-state index in [0.29, 0.717) is 0 Å². The standard InChI is InChI=1S/FNO.Zn/c1-3-2;/q-2;+2. The summed E-state index contributed by atoms with van der Waals surface area (Å²) in [4.78, 5) is 0. The van der Waals surface area contributed by atoms with Gasteiger partial charge in [0, 0.05) is 0 Å². The van der Waals surface area contributed by atoms with Gasteiger partial charge < -0.3 is 10.9 Å². The van der Waals surface area contributed by atoms with Crippen LogP contribution in [0.5, 0.6) is 0 Å². The molecule has 0 aromatic heterocycles. The predicted molar refractivity (Wildman–Crippen MR) is 5.55 cm³/mol. The van der Waals surface area contributed by atoms with Gasteiger partial charge in [0.1, 0.15) is 0 Å². The van der Waals surface area contributed by atoms with Gasteiger partial charge in [0.2, 0.25) is 0 Å². The molecule has 0 N–H and O–H groups in total. The van der Waals surface area contributed by atoms with Crippen LogP contribution < -0.4 is 0 Å². The molecule has 0 rings (SSSR count). The third-order valence-electron chi connectivity index (χ3n) is 0. The van der Waals surface area contributed by atoms with Gasteiger partial charge in [-0.05, 0) is 0 Å². The van der Waals surface area contributed by atoms with Gasteiger partial charge in [-0.2, -0.15) is 0 Å². The Morgan fingerprint density at radius 3 is 1.75 bits per heavy atom. The molecule has 0 aromatic rings. The van der Waals surface area contributed by atoms with Crippen LogP contribution in [-0.4, -0.2) is 0 Å². The van der Waals surface area contributed by atoms with Crippen molar-refractivity contribution >= 4 is 0 Å². The van der Waals surface area contributed by atoms with Crippen LogP contribution in [0.15, 0.2) is 0 Å². The monoisotopic (exact) mass is 113 g/mol. The van der Waals surface area contributed by atoms with Crippen molar-refractivity contribution in [2.45, 2.75) is 0 Å². The molecule has 0 saturated carbocycles. The Bertz CT molecular complexity index is 8.00.